The number of ether oxygens (including phenoxy) is 2. The number of amides is 1. The summed E-state index contributed by atoms with van der Waals surface area (Å²) in [6.07, 6.45) is 0.547. The first-order valence-corrected chi connectivity index (χ1v) is 13.5. The molecule has 5 rings (SSSR count). The number of nitrogens with one attached hydrogen (secondary N) is 1. The van der Waals surface area contributed by atoms with Crippen LogP contribution in [0, 0.1) is 18.8 Å². The van der Waals surface area contributed by atoms with Gasteiger partial charge in [-0.1, -0.05) is 18.2 Å². The fourth-order valence-electron chi connectivity index (χ4n) is 5.15. The lowest BCUT2D eigenvalue weighted by atomic mass is 10.0. The van der Waals surface area contributed by atoms with Crippen LogP contribution < -0.4 is 21.5 Å². The predicted octanol–water partition coefficient (Wildman–Crippen LogP) is 5.28. The summed E-state index contributed by atoms with van der Waals surface area (Å²) in [6, 6.07) is 11.2. The van der Waals surface area contributed by atoms with Crippen molar-refractivity contribution in [2.75, 3.05) is 30.4 Å². The van der Waals surface area contributed by atoms with E-state index in [0.29, 0.717) is 22.2 Å². The Morgan fingerprint density at radius 1 is 1.18 bits per heavy atom. The van der Waals surface area contributed by atoms with Crippen LogP contribution in [-0.4, -0.2) is 47.4 Å². The van der Waals surface area contributed by atoms with E-state index in [1.165, 1.54) is 13.5 Å². The lowest BCUT2D eigenvalue weighted by Gasteiger charge is -2.24. The average Bonchev–Trinajstić information content (AvgIpc) is 3.50. The molecule has 2 heterocycles. The van der Waals surface area contributed by atoms with E-state index in [1.807, 2.05) is 65.9 Å². The number of fused-ring (bicyclic) bond motifs is 2. The number of hydrogen-bond acceptors (Lipinski definition) is 8. The number of anilines is 2. The molecule has 2 aromatic carbocycles. The van der Waals surface area contributed by atoms with Crippen LogP contribution in [0.4, 0.5) is 16.4 Å². The number of carbonyl (C=O) groups is 2. The Morgan fingerprint density at radius 3 is 2.40 bits per heavy atom. The number of hydrogen-bond donors (Lipinski definition) is 2. The minimum absolute atomic E-state index is 0. The van der Waals surface area contributed by atoms with E-state index >= 15 is 0 Å². The van der Waals surface area contributed by atoms with Crippen LogP contribution in [-0.2, 0) is 16.5 Å². The van der Waals surface area contributed by atoms with E-state index in [1.54, 1.807) is 10.6 Å². The number of rotatable bonds is 5. The van der Waals surface area contributed by atoms with Crippen molar-refractivity contribution in [1.82, 2.24) is 9.55 Å². The molecular formula is C30H45N5O5. The molecule has 0 spiro atoms. The van der Waals surface area contributed by atoms with Gasteiger partial charge in [-0.2, -0.15) is 0 Å². The predicted molar refractivity (Wildman–Crippen MR) is 162 cm³/mol. The van der Waals surface area contributed by atoms with Gasteiger partial charge in [0.05, 0.1) is 29.6 Å². The van der Waals surface area contributed by atoms with Crippen LogP contribution in [0.25, 0.3) is 10.9 Å². The lowest BCUT2D eigenvalue weighted by Crippen LogP contribution is -2.31. The molecule has 2 fully saturated rings. The highest BCUT2D eigenvalue weighted by atomic mass is 16.6. The third-order valence-corrected chi connectivity index (χ3v) is 7.18. The Bertz CT molecular complexity index is 1500. The summed E-state index contributed by atoms with van der Waals surface area (Å²) < 4.78 is 11.2. The van der Waals surface area contributed by atoms with Crippen LogP contribution in [0.1, 0.15) is 65.9 Å². The molecule has 2 unspecified atom stereocenters. The standard InChI is InChI=1S/C28H34N4O3.C2H5NO2.3H2/c1-16-11-21(17(2)29-23-10-8-7-9-20(23)26(34)35-28(3,4)5)24-22(12-16)25(33)31(6)27(30-24)32-14-18-13-19(18)15-32;1-5-2(3)4;;;/h7-12,17-19,29H,13-15H2,1-6H3;1H3,(H2,3,4);3*1H/t17?,18-,19?;;;;/m1..../s1. The minimum Gasteiger partial charge on any atom is -0.456 e. The third-order valence-electron chi connectivity index (χ3n) is 7.18. The van der Waals surface area contributed by atoms with Gasteiger partial charge in [0.25, 0.3) is 5.56 Å². The van der Waals surface area contributed by atoms with Gasteiger partial charge in [-0.15, -0.1) is 0 Å². The van der Waals surface area contributed by atoms with Crippen LogP contribution in [0.3, 0.4) is 0 Å². The maximum absolute atomic E-state index is 13.4. The quantitative estimate of drug-likeness (QED) is 0.407. The van der Waals surface area contributed by atoms with E-state index in [2.05, 4.69) is 26.8 Å². The Hall–Kier alpha value is -4.08. The Morgan fingerprint density at radius 2 is 1.80 bits per heavy atom. The molecule has 40 heavy (non-hydrogen) atoms. The number of primary amides is 1. The molecule has 1 aliphatic carbocycles. The molecular weight excluding hydrogens is 510 g/mol. The Labute approximate surface area is 238 Å². The van der Waals surface area contributed by atoms with E-state index in [-0.39, 0.29) is 21.9 Å². The Kier molecular flexibility index (Phi) is 8.09. The van der Waals surface area contributed by atoms with Crippen molar-refractivity contribution < 1.29 is 23.3 Å². The van der Waals surface area contributed by atoms with E-state index < -0.39 is 11.7 Å². The van der Waals surface area contributed by atoms with E-state index in [0.717, 1.165) is 42.0 Å². The highest BCUT2D eigenvalue weighted by molar-refractivity contribution is 5.96. The zero-order valence-corrected chi connectivity index (χ0v) is 24.3. The zero-order chi connectivity index (χ0) is 29.4. The van der Waals surface area contributed by atoms with Crippen molar-refractivity contribution >= 4 is 34.6 Å². The van der Waals surface area contributed by atoms with Gasteiger partial charge in [0.15, 0.2) is 0 Å². The number of methoxy groups -OCH3 is 1. The number of benzene rings is 2. The zero-order valence-electron chi connectivity index (χ0n) is 24.3. The molecule has 3 N–H and O–H groups in total. The summed E-state index contributed by atoms with van der Waals surface area (Å²) >= 11 is 0. The molecule has 0 radical (unpaired) electrons. The molecule has 2 aliphatic rings. The number of esters is 1. The monoisotopic (exact) mass is 555 g/mol. The maximum Gasteiger partial charge on any atom is 0.404 e. The molecule has 1 saturated heterocycles. The van der Waals surface area contributed by atoms with Crippen LogP contribution in [0.2, 0.25) is 0 Å². The van der Waals surface area contributed by atoms with Crippen LogP contribution in [0.15, 0.2) is 41.2 Å². The summed E-state index contributed by atoms with van der Waals surface area (Å²) in [4.78, 5) is 42.9. The first kappa shape index (κ1) is 28.9. The smallest absolute Gasteiger partial charge is 0.404 e. The highest BCUT2D eigenvalue weighted by Gasteiger charge is 2.46. The van der Waals surface area contributed by atoms with Gasteiger partial charge in [0, 0.05) is 35.7 Å². The van der Waals surface area contributed by atoms with Gasteiger partial charge >= 0.3 is 12.1 Å². The summed E-state index contributed by atoms with van der Waals surface area (Å²) in [5.41, 5.74) is 7.62. The average molecular weight is 556 g/mol. The van der Waals surface area contributed by atoms with Gasteiger partial charge in [0.2, 0.25) is 5.95 Å². The maximum atomic E-state index is 13.4. The molecule has 1 saturated carbocycles. The second kappa shape index (κ2) is 11.2. The van der Waals surface area contributed by atoms with Crippen LogP contribution >= 0.6 is 0 Å². The fourth-order valence-corrected chi connectivity index (χ4v) is 5.15. The molecule has 10 heteroatoms. The third kappa shape index (κ3) is 6.38. The summed E-state index contributed by atoms with van der Waals surface area (Å²) in [7, 11) is 3.04. The number of aryl methyl sites for hydroxylation is 1. The lowest BCUT2D eigenvalue weighted by molar-refractivity contribution is 0.00705. The largest absolute Gasteiger partial charge is 0.456 e. The van der Waals surface area contributed by atoms with Crippen LogP contribution in [0.5, 0.6) is 0 Å². The Balaban J connectivity index is 0.00000107. The van der Waals surface area contributed by atoms with Gasteiger partial charge in [-0.05, 0) is 76.6 Å². The SMILES string of the molecule is COC(N)=O.Cc1cc(C(C)Nc2ccccc2C(=O)OC(C)(C)C)c2nc(N3CC4C[C@@H]4C3)n(C)c(=O)c2c1.[HH].[HH].[HH]. The van der Waals surface area contributed by atoms with Crippen molar-refractivity contribution in [3.05, 3.63) is 63.4 Å². The second-order valence-electron chi connectivity index (χ2n) is 11.6. The summed E-state index contributed by atoms with van der Waals surface area (Å²) in [5, 5.41) is 4.10. The number of aromatic nitrogens is 2. The molecule has 1 aromatic heterocycles. The minimum atomic E-state index is -0.745. The number of nitrogens with two attached hydrogens (primary N) is 1. The van der Waals surface area contributed by atoms with Crippen molar-refractivity contribution in [2.24, 2.45) is 24.6 Å². The molecule has 0 bridgehead atoms. The highest BCUT2D eigenvalue weighted by Crippen LogP contribution is 2.46. The molecule has 220 valence electrons. The number of carbonyl (C=O) groups excluding carboxylic acids is 2. The van der Waals surface area contributed by atoms with Gasteiger partial charge in [0.1, 0.15) is 5.60 Å². The summed E-state index contributed by atoms with van der Waals surface area (Å²) in [5.74, 6) is 1.85. The van der Waals surface area contributed by atoms with Gasteiger partial charge in [-0.3, -0.25) is 9.36 Å². The number of piperidine rings is 1. The van der Waals surface area contributed by atoms with Crippen molar-refractivity contribution in [2.45, 2.75) is 52.7 Å². The van der Waals surface area contributed by atoms with Gasteiger partial charge in [-0.25, -0.2) is 14.6 Å². The first-order valence-electron chi connectivity index (χ1n) is 13.5. The van der Waals surface area contributed by atoms with Crippen molar-refractivity contribution in [1.29, 1.82) is 0 Å². The van der Waals surface area contributed by atoms with Crippen molar-refractivity contribution in [3.63, 3.8) is 0 Å². The number of nitrogens with zero attached hydrogens (tertiary/aromatic N) is 3. The van der Waals surface area contributed by atoms with E-state index in [9.17, 15) is 14.4 Å². The molecule has 3 atom stereocenters. The molecule has 3 aromatic rings. The van der Waals surface area contributed by atoms with Crippen molar-refractivity contribution in [3.8, 4) is 0 Å². The topological polar surface area (TPSA) is 129 Å². The number of para-hydroxylation sites is 1. The first-order chi connectivity index (χ1) is 18.8. The molecule has 1 aliphatic heterocycles. The normalized spacial score (nSPS) is 18.3. The fraction of sp³-hybridized carbons (Fsp3) is 0.467. The molecule has 10 nitrogen and oxygen atoms in total. The second-order valence-corrected chi connectivity index (χ2v) is 11.6. The van der Waals surface area contributed by atoms with Gasteiger partial charge < -0.3 is 25.4 Å². The molecule has 1 amide bonds. The summed E-state index contributed by atoms with van der Waals surface area (Å²) in [6.45, 7) is 11.5. The van der Waals surface area contributed by atoms with E-state index in [4.69, 9.17) is 9.72 Å².